The molecule has 1 rings (SSSR count). The van der Waals surface area contributed by atoms with Gasteiger partial charge < -0.3 is 4.74 Å². The second kappa shape index (κ2) is 7.23. The molecule has 0 saturated carbocycles. The first-order valence-corrected chi connectivity index (χ1v) is 8.52. The molecule has 1 aromatic rings. The highest BCUT2D eigenvalue weighted by Gasteiger charge is 2.16. The Morgan fingerprint density at radius 1 is 1.44 bits per heavy atom. The normalized spacial score (nSPS) is 13.7. The van der Waals surface area contributed by atoms with Crippen molar-refractivity contribution >= 4 is 21.4 Å². The molecule has 1 atom stereocenters. The van der Waals surface area contributed by atoms with Crippen LogP contribution in [0.1, 0.15) is 35.6 Å². The molecule has 0 radical (unpaired) electrons. The fourth-order valence-corrected chi connectivity index (χ4v) is 3.71. The third-order valence-corrected chi connectivity index (χ3v) is 5.14. The lowest BCUT2D eigenvalue weighted by atomic mass is 10.3. The van der Waals surface area contributed by atoms with Crippen molar-refractivity contribution in [2.75, 3.05) is 19.4 Å². The van der Waals surface area contributed by atoms with Gasteiger partial charge in [0.15, 0.2) is 0 Å². The number of methoxy groups -OCH3 is 1. The first-order valence-electron chi connectivity index (χ1n) is 6.05. The summed E-state index contributed by atoms with van der Waals surface area (Å²) in [6.45, 7) is 4.29. The van der Waals surface area contributed by atoms with Crippen LogP contribution in [0.25, 0.3) is 0 Å². The largest absolute Gasteiger partial charge is 0.375 e. The molecule has 6 heteroatoms. The van der Waals surface area contributed by atoms with Gasteiger partial charge in [0.25, 0.3) is 0 Å². The lowest BCUT2D eigenvalue weighted by Crippen LogP contribution is -2.30. The lowest BCUT2D eigenvalue weighted by molar-refractivity contribution is 0.110. The highest BCUT2D eigenvalue weighted by Crippen LogP contribution is 2.24. The Morgan fingerprint density at radius 3 is 2.67 bits per heavy atom. The average Bonchev–Trinajstić information content (AvgIpc) is 2.74. The van der Waals surface area contributed by atoms with Gasteiger partial charge in [0, 0.05) is 23.4 Å². The van der Waals surface area contributed by atoms with Gasteiger partial charge in [-0.15, -0.1) is 11.3 Å². The number of aryl methyl sites for hydroxylation is 1. The zero-order valence-electron chi connectivity index (χ0n) is 11.1. The minimum atomic E-state index is -3.18. The van der Waals surface area contributed by atoms with Crippen LogP contribution in [0, 0.1) is 6.92 Å². The highest BCUT2D eigenvalue weighted by molar-refractivity contribution is 7.89. The van der Waals surface area contributed by atoms with Crippen molar-refractivity contribution in [2.24, 2.45) is 0 Å². The van der Waals surface area contributed by atoms with E-state index in [0.717, 1.165) is 11.3 Å². The number of hydrogen-bond donors (Lipinski definition) is 1. The van der Waals surface area contributed by atoms with E-state index in [-0.39, 0.29) is 11.9 Å². The molecule has 0 aromatic carbocycles. The van der Waals surface area contributed by atoms with E-state index >= 15 is 0 Å². The topological polar surface area (TPSA) is 55.4 Å². The molecule has 1 unspecified atom stereocenters. The Labute approximate surface area is 113 Å². The Hall–Kier alpha value is -0.430. The third-order valence-electron chi connectivity index (χ3n) is 2.62. The SMILES string of the molecule is CCCCS(=O)(=O)NCC(OC)c1ccc(C)s1. The minimum Gasteiger partial charge on any atom is -0.375 e. The van der Waals surface area contributed by atoms with Crippen molar-refractivity contribution < 1.29 is 13.2 Å². The number of unbranched alkanes of at least 4 members (excludes halogenated alkanes) is 1. The number of sulfonamides is 1. The van der Waals surface area contributed by atoms with E-state index in [2.05, 4.69) is 4.72 Å². The molecule has 4 nitrogen and oxygen atoms in total. The van der Waals surface area contributed by atoms with Crippen LogP contribution in [0.3, 0.4) is 0 Å². The fourth-order valence-electron chi connectivity index (χ4n) is 1.54. The zero-order chi connectivity index (χ0) is 13.6. The molecule has 0 aliphatic heterocycles. The van der Waals surface area contributed by atoms with Gasteiger partial charge in [-0.3, -0.25) is 0 Å². The molecule has 104 valence electrons. The molecule has 0 fully saturated rings. The monoisotopic (exact) mass is 291 g/mol. The van der Waals surface area contributed by atoms with Crippen LogP contribution in [0.4, 0.5) is 0 Å². The molecule has 0 aliphatic rings. The number of nitrogens with one attached hydrogen (secondary N) is 1. The zero-order valence-corrected chi connectivity index (χ0v) is 12.7. The van der Waals surface area contributed by atoms with Crippen LogP contribution in [-0.2, 0) is 14.8 Å². The second-order valence-electron chi connectivity index (χ2n) is 4.19. The quantitative estimate of drug-likeness (QED) is 0.800. The van der Waals surface area contributed by atoms with Crippen LogP contribution in [0.15, 0.2) is 12.1 Å². The Morgan fingerprint density at radius 2 is 2.17 bits per heavy atom. The van der Waals surface area contributed by atoms with Crippen molar-refractivity contribution in [1.29, 1.82) is 0 Å². The minimum absolute atomic E-state index is 0.184. The van der Waals surface area contributed by atoms with Gasteiger partial charge in [-0.05, 0) is 25.5 Å². The molecule has 0 spiro atoms. The number of hydrogen-bond acceptors (Lipinski definition) is 4. The number of ether oxygens (including phenoxy) is 1. The average molecular weight is 291 g/mol. The molecular weight excluding hydrogens is 270 g/mol. The first-order chi connectivity index (χ1) is 8.48. The van der Waals surface area contributed by atoms with Gasteiger partial charge in [-0.25, -0.2) is 13.1 Å². The van der Waals surface area contributed by atoms with Gasteiger partial charge in [-0.1, -0.05) is 13.3 Å². The van der Waals surface area contributed by atoms with E-state index in [1.165, 1.54) is 4.88 Å². The van der Waals surface area contributed by atoms with Crippen LogP contribution < -0.4 is 4.72 Å². The predicted octanol–water partition coefficient (Wildman–Crippen LogP) is 2.46. The smallest absolute Gasteiger partial charge is 0.211 e. The Balaban J connectivity index is 2.55. The van der Waals surface area contributed by atoms with E-state index in [1.54, 1.807) is 18.4 Å². The predicted molar refractivity (Wildman–Crippen MR) is 75.5 cm³/mol. The van der Waals surface area contributed by atoms with Gasteiger partial charge in [0.1, 0.15) is 6.10 Å². The summed E-state index contributed by atoms with van der Waals surface area (Å²) in [5.41, 5.74) is 0. The van der Waals surface area contributed by atoms with E-state index in [4.69, 9.17) is 4.74 Å². The summed E-state index contributed by atoms with van der Waals surface area (Å²) < 4.78 is 31.3. The van der Waals surface area contributed by atoms with Gasteiger partial charge in [-0.2, -0.15) is 0 Å². The lowest BCUT2D eigenvalue weighted by Gasteiger charge is -2.14. The summed E-state index contributed by atoms with van der Waals surface area (Å²) >= 11 is 1.63. The van der Waals surface area contributed by atoms with Crippen molar-refractivity contribution in [2.45, 2.75) is 32.8 Å². The molecular formula is C12H21NO3S2. The van der Waals surface area contributed by atoms with Crippen LogP contribution >= 0.6 is 11.3 Å². The van der Waals surface area contributed by atoms with Crippen LogP contribution in [-0.4, -0.2) is 27.8 Å². The van der Waals surface area contributed by atoms with Gasteiger partial charge in [0.2, 0.25) is 10.0 Å². The molecule has 0 saturated heterocycles. The molecule has 0 bridgehead atoms. The van der Waals surface area contributed by atoms with Gasteiger partial charge >= 0.3 is 0 Å². The molecule has 1 heterocycles. The van der Waals surface area contributed by atoms with Gasteiger partial charge in [0.05, 0.1) is 5.75 Å². The molecule has 1 aromatic heterocycles. The van der Waals surface area contributed by atoms with E-state index in [1.807, 2.05) is 26.0 Å². The van der Waals surface area contributed by atoms with Crippen molar-refractivity contribution in [3.63, 3.8) is 0 Å². The number of rotatable bonds is 8. The van der Waals surface area contributed by atoms with Crippen molar-refractivity contribution in [3.05, 3.63) is 21.9 Å². The Bertz CT molecular complexity index is 454. The fraction of sp³-hybridized carbons (Fsp3) is 0.667. The number of thiophene rings is 1. The van der Waals surface area contributed by atoms with Crippen LogP contribution in [0.5, 0.6) is 0 Å². The molecule has 18 heavy (non-hydrogen) atoms. The maximum Gasteiger partial charge on any atom is 0.211 e. The first kappa shape index (κ1) is 15.6. The van der Waals surface area contributed by atoms with E-state index in [0.29, 0.717) is 13.0 Å². The summed E-state index contributed by atoms with van der Waals surface area (Å²) in [4.78, 5) is 2.24. The van der Waals surface area contributed by atoms with Crippen molar-refractivity contribution in [1.82, 2.24) is 4.72 Å². The maximum absolute atomic E-state index is 11.7. The second-order valence-corrected chi connectivity index (χ2v) is 7.44. The maximum atomic E-state index is 11.7. The summed E-state index contributed by atoms with van der Waals surface area (Å²) in [5, 5.41) is 0. The highest BCUT2D eigenvalue weighted by atomic mass is 32.2. The standard InChI is InChI=1S/C12H21NO3S2/c1-4-5-8-18(14,15)13-9-11(16-3)12-7-6-10(2)17-12/h6-7,11,13H,4-5,8-9H2,1-3H3. The Kier molecular flexibility index (Phi) is 6.28. The molecule has 0 amide bonds. The van der Waals surface area contributed by atoms with E-state index < -0.39 is 10.0 Å². The van der Waals surface area contributed by atoms with Crippen molar-refractivity contribution in [3.8, 4) is 0 Å². The third kappa shape index (κ3) is 5.06. The summed E-state index contributed by atoms with van der Waals surface area (Å²) in [5.74, 6) is 0.184. The molecule has 1 N–H and O–H groups in total. The summed E-state index contributed by atoms with van der Waals surface area (Å²) in [6, 6.07) is 3.99. The molecule has 0 aliphatic carbocycles. The van der Waals surface area contributed by atoms with E-state index in [9.17, 15) is 8.42 Å². The summed E-state index contributed by atoms with van der Waals surface area (Å²) in [7, 11) is -1.58. The summed E-state index contributed by atoms with van der Waals surface area (Å²) in [6.07, 6.45) is 1.35. The van der Waals surface area contributed by atoms with Crippen LogP contribution in [0.2, 0.25) is 0 Å².